The van der Waals surface area contributed by atoms with Crippen molar-refractivity contribution in [2.45, 2.75) is 12.0 Å². The molecule has 3 nitrogen and oxygen atoms in total. The van der Waals surface area contributed by atoms with Crippen molar-refractivity contribution in [3.63, 3.8) is 0 Å². The first-order valence-corrected chi connectivity index (χ1v) is 7.43. The average Bonchev–Trinajstić information content (AvgIpc) is 2.88. The van der Waals surface area contributed by atoms with Crippen molar-refractivity contribution in [3.8, 4) is 5.75 Å². The molecule has 1 aliphatic rings. The van der Waals surface area contributed by atoms with E-state index in [1.165, 1.54) is 0 Å². The lowest BCUT2D eigenvalue weighted by atomic mass is 9.92. The Balaban J connectivity index is 1.83. The summed E-state index contributed by atoms with van der Waals surface area (Å²) in [5, 5.41) is 4.03. The Morgan fingerprint density at radius 1 is 1.14 bits per heavy atom. The second kappa shape index (κ2) is 6.24. The summed E-state index contributed by atoms with van der Waals surface area (Å²) >= 11 is 6.01. The Bertz CT molecular complexity index is 709. The number of hydrogen-bond acceptors (Lipinski definition) is 3. The van der Waals surface area contributed by atoms with Crippen LogP contribution in [0.25, 0.3) is 0 Å². The third kappa shape index (κ3) is 3.00. The van der Waals surface area contributed by atoms with Gasteiger partial charge in [-0.1, -0.05) is 35.9 Å². The fourth-order valence-corrected chi connectivity index (χ4v) is 2.87. The summed E-state index contributed by atoms with van der Waals surface area (Å²) in [6.07, 6.45) is 3.54. The molecule has 0 fully saturated rings. The Hall–Kier alpha value is -2.26. The molecular weight excluding hydrogens is 298 g/mol. The van der Waals surface area contributed by atoms with E-state index in [0.717, 1.165) is 17.0 Å². The van der Waals surface area contributed by atoms with Crippen LogP contribution in [0.3, 0.4) is 0 Å². The van der Waals surface area contributed by atoms with Crippen molar-refractivity contribution in [3.05, 3.63) is 71.3 Å². The predicted molar refractivity (Wildman–Crippen MR) is 88.7 cm³/mol. The van der Waals surface area contributed by atoms with E-state index in [4.69, 9.17) is 16.3 Å². The van der Waals surface area contributed by atoms with Gasteiger partial charge in [0.1, 0.15) is 5.75 Å². The van der Waals surface area contributed by atoms with Crippen LogP contribution in [0.5, 0.6) is 5.75 Å². The molecule has 4 heteroatoms. The number of allylic oxidation sites excluding steroid dienone is 1. The van der Waals surface area contributed by atoms with E-state index in [9.17, 15) is 4.79 Å². The van der Waals surface area contributed by atoms with Gasteiger partial charge in [0.05, 0.1) is 19.1 Å². The summed E-state index contributed by atoms with van der Waals surface area (Å²) in [5.74, 6) is 0.649. The lowest BCUT2D eigenvalue weighted by Gasteiger charge is -2.21. The molecule has 3 rings (SSSR count). The van der Waals surface area contributed by atoms with Crippen LogP contribution in [0.1, 0.15) is 11.5 Å². The van der Waals surface area contributed by atoms with Gasteiger partial charge in [-0.15, -0.1) is 0 Å². The second-order valence-electron chi connectivity index (χ2n) is 5.19. The van der Waals surface area contributed by atoms with Crippen LogP contribution in [-0.2, 0) is 4.79 Å². The van der Waals surface area contributed by atoms with Gasteiger partial charge in [0.2, 0.25) is 0 Å². The number of ketones is 1. The molecule has 0 heterocycles. The third-order valence-corrected chi connectivity index (χ3v) is 4.00. The smallest absolute Gasteiger partial charge is 0.165 e. The van der Waals surface area contributed by atoms with E-state index in [-0.39, 0.29) is 17.7 Å². The minimum absolute atomic E-state index is 0.0839. The molecule has 22 heavy (non-hydrogen) atoms. The van der Waals surface area contributed by atoms with Gasteiger partial charge in [-0.2, -0.15) is 0 Å². The predicted octanol–water partition coefficient (Wildman–Crippen LogP) is 4.05. The fraction of sp³-hybridized carbons (Fsp3) is 0.167. The standard InChI is InChI=1S/C18H16ClNO2/c1-22-15-7-5-12(6-8-15)18-16(9-10-17(18)21)20-14-4-2-3-13(19)11-14/h2-11,16,18,20H,1H3/t16-,18+/m1/s1. The molecule has 0 aliphatic heterocycles. The van der Waals surface area contributed by atoms with Crippen molar-refractivity contribution in [2.75, 3.05) is 12.4 Å². The molecule has 0 radical (unpaired) electrons. The Morgan fingerprint density at radius 2 is 1.91 bits per heavy atom. The molecule has 0 bridgehead atoms. The van der Waals surface area contributed by atoms with Crippen molar-refractivity contribution >= 4 is 23.1 Å². The molecule has 0 unspecified atom stereocenters. The maximum absolute atomic E-state index is 12.2. The maximum atomic E-state index is 12.2. The number of halogens is 1. The van der Waals surface area contributed by atoms with Gasteiger partial charge < -0.3 is 10.1 Å². The minimum Gasteiger partial charge on any atom is -0.497 e. The number of methoxy groups -OCH3 is 1. The normalized spacial score (nSPS) is 20.2. The average molecular weight is 314 g/mol. The number of nitrogens with one attached hydrogen (secondary N) is 1. The highest BCUT2D eigenvalue weighted by Gasteiger charge is 2.31. The van der Waals surface area contributed by atoms with Crippen LogP contribution >= 0.6 is 11.6 Å². The van der Waals surface area contributed by atoms with Crippen LogP contribution in [0, 0.1) is 0 Å². The molecule has 2 aromatic carbocycles. The highest BCUT2D eigenvalue weighted by molar-refractivity contribution is 6.30. The number of benzene rings is 2. The van der Waals surface area contributed by atoms with Crippen LogP contribution < -0.4 is 10.1 Å². The van der Waals surface area contributed by atoms with Gasteiger partial charge in [0, 0.05) is 10.7 Å². The van der Waals surface area contributed by atoms with Crippen molar-refractivity contribution < 1.29 is 9.53 Å². The number of carbonyl (C=O) groups excluding carboxylic acids is 1. The topological polar surface area (TPSA) is 38.3 Å². The van der Waals surface area contributed by atoms with Gasteiger partial charge in [0.25, 0.3) is 0 Å². The molecule has 2 atom stereocenters. The first kappa shape index (κ1) is 14.7. The molecule has 1 N–H and O–H groups in total. The lowest BCUT2D eigenvalue weighted by molar-refractivity contribution is -0.115. The number of anilines is 1. The monoisotopic (exact) mass is 313 g/mol. The first-order valence-electron chi connectivity index (χ1n) is 7.05. The summed E-state index contributed by atoms with van der Waals surface area (Å²) in [5.41, 5.74) is 1.87. The van der Waals surface area contributed by atoms with E-state index in [2.05, 4.69) is 5.32 Å². The fourth-order valence-electron chi connectivity index (χ4n) is 2.68. The molecule has 0 spiro atoms. The van der Waals surface area contributed by atoms with Crippen LogP contribution in [0.4, 0.5) is 5.69 Å². The zero-order valence-electron chi connectivity index (χ0n) is 12.1. The molecule has 0 amide bonds. The highest BCUT2D eigenvalue weighted by Crippen LogP contribution is 2.31. The lowest BCUT2D eigenvalue weighted by Crippen LogP contribution is -2.26. The van der Waals surface area contributed by atoms with Gasteiger partial charge in [0.15, 0.2) is 5.78 Å². The zero-order valence-corrected chi connectivity index (χ0v) is 12.9. The van der Waals surface area contributed by atoms with Crippen molar-refractivity contribution in [1.82, 2.24) is 0 Å². The van der Waals surface area contributed by atoms with Gasteiger partial charge >= 0.3 is 0 Å². The van der Waals surface area contributed by atoms with Crippen LogP contribution in [0.15, 0.2) is 60.7 Å². The van der Waals surface area contributed by atoms with Gasteiger partial charge in [-0.25, -0.2) is 0 Å². The molecule has 2 aromatic rings. The maximum Gasteiger partial charge on any atom is 0.165 e. The SMILES string of the molecule is COc1ccc([C@@H]2C(=O)C=C[C@H]2Nc2cccc(Cl)c2)cc1. The van der Waals surface area contributed by atoms with Gasteiger partial charge in [-0.05, 0) is 42.0 Å². The van der Waals surface area contributed by atoms with Crippen LogP contribution in [-0.4, -0.2) is 18.9 Å². The van der Waals surface area contributed by atoms with Gasteiger partial charge in [-0.3, -0.25) is 4.79 Å². The molecular formula is C18H16ClNO2. The number of rotatable bonds is 4. The molecule has 0 aromatic heterocycles. The largest absolute Gasteiger partial charge is 0.497 e. The van der Waals surface area contributed by atoms with E-state index >= 15 is 0 Å². The molecule has 1 aliphatic carbocycles. The number of hydrogen-bond donors (Lipinski definition) is 1. The van der Waals surface area contributed by atoms with E-state index < -0.39 is 0 Å². The minimum atomic E-state index is -0.232. The number of carbonyl (C=O) groups is 1. The van der Waals surface area contributed by atoms with E-state index in [1.54, 1.807) is 13.2 Å². The zero-order chi connectivity index (χ0) is 15.5. The summed E-state index contributed by atoms with van der Waals surface area (Å²) in [7, 11) is 1.63. The van der Waals surface area contributed by atoms with E-state index in [1.807, 2.05) is 54.6 Å². The van der Waals surface area contributed by atoms with Crippen molar-refractivity contribution in [1.29, 1.82) is 0 Å². The highest BCUT2D eigenvalue weighted by atomic mass is 35.5. The molecule has 112 valence electrons. The Morgan fingerprint density at radius 3 is 2.59 bits per heavy atom. The summed E-state index contributed by atoms with van der Waals surface area (Å²) in [6.45, 7) is 0. The summed E-state index contributed by atoms with van der Waals surface area (Å²) in [4.78, 5) is 12.2. The van der Waals surface area contributed by atoms with E-state index in [0.29, 0.717) is 5.02 Å². The first-order chi connectivity index (χ1) is 10.7. The summed E-state index contributed by atoms with van der Waals surface area (Å²) in [6, 6.07) is 15.0. The quantitative estimate of drug-likeness (QED) is 0.925. The van der Waals surface area contributed by atoms with Crippen molar-refractivity contribution in [2.24, 2.45) is 0 Å². The summed E-state index contributed by atoms with van der Waals surface area (Å²) < 4.78 is 5.16. The Kier molecular flexibility index (Phi) is 4.16. The molecule has 0 saturated carbocycles. The number of ether oxygens (including phenoxy) is 1. The molecule has 0 saturated heterocycles. The second-order valence-corrected chi connectivity index (χ2v) is 5.63. The van der Waals surface area contributed by atoms with Crippen LogP contribution in [0.2, 0.25) is 5.02 Å². The third-order valence-electron chi connectivity index (χ3n) is 3.77. The Labute approximate surface area is 134 Å².